The molecular formula is C14H23ClN2S. The zero-order valence-electron chi connectivity index (χ0n) is 11.3. The molecule has 0 aliphatic carbocycles. The lowest BCUT2D eigenvalue weighted by Crippen LogP contribution is -2.39. The smallest absolute Gasteiger partial charge is 0.0931 e. The summed E-state index contributed by atoms with van der Waals surface area (Å²) >= 11 is 7.58. The van der Waals surface area contributed by atoms with Crippen LogP contribution >= 0.6 is 22.9 Å². The third kappa shape index (κ3) is 3.70. The van der Waals surface area contributed by atoms with Crippen molar-refractivity contribution in [3.8, 4) is 0 Å². The Kier molecular flexibility index (Phi) is 5.49. The Morgan fingerprint density at radius 3 is 2.94 bits per heavy atom. The Labute approximate surface area is 119 Å². The molecule has 2 nitrogen and oxygen atoms in total. The lowest BCUT2D eigenvalue weighted by atomic mass is 10.1. The van der Waals surface area contributed by atoms with Gasteiger partial charge in [-0.05, 0) is 38.3 Å². The molecule has 2 heterocycles. The number of rotatable bonds is 6. The number of likely N-dealkylation sites (tertiary alicyclic amines) is 1. The lowest BCUT2D eigenvalue weighted by molar-refractivity contribution is 0.199. The molecule has 0 radical (unpaired) electrons. The van der Waals surface area contributed by atoms with Crippen molar-refractivity contribution in [2.75, 3.05) is 13.1 Å². The average molecular weight is 287 g/mol. The van der Waals surface area contributed by atoms with Crippen molar-refractivity contribution in [2.24, 2.45) is 0 Å². The van der Waals surface area contributed by atoms with Gasteiger partial charge in [0.15, 0.2) is 0 Å². The number of thiophene rings is 1. The summed E-state index contributed by atoms with van der Waals surface area (Å²) in [5.74, 6) is 0. The second-order valence-corrected chi connectivity index (χ2v) is 6.91. The monoisotopic (exact) mass is 286 g/mol. The van der Waals surface area contributed by atoms with E-state index in [4.69, 9.17) is 11.6 Å². The maximum absolute atomic E-state index is 5.92. The number of hydrogen-bond acceptors (Lipinski definition) is 3. The Morgan fingerprint density at radius 2 is 2.28 bits per heavy atom. The van der Waals surface area contributed by atoms with Crippen LogP contribution in [-0.2, 0) is 6.54 Å². The minimum Gasteiger partial charge on any atom is -0.311 e. The van der Waals surface area contributed by atoms with Crippen molar-refractivity contribution in [2.45, 2.75) is 51.7 Å². The lowest BCUT2D eigenvalue weighted by Gasteiger charge is -2.27. The van der Waals surface area contributed by atoms with Gasteiger partial charge in [0.05, 0.1) is 4.34 Å². The van der Waals surface area contributed by atoms with Crippen LogP contribution in [0.15, 0.2) is 12.1 Å². The fourth-order valence-corrected chi connectivity index (χ4v) is 3.89. The number of hydrogen-bond donors (Lipinski definition) is 1. The molecule has 1 saturated heterocycles. The second kappa shape index (κ2) is 6.90. The van der Waals surface area contributed by atoms with Crippen LogP contribution in [0.5, 0.6) is 0 Å². The van der Waals surface area contributed by atoms with Gasteiger partial charge in [-0.3, -0.25) is 4.90 Å². The summed E-state index contributed by atoms with van der Waals surface area (Å²) in [5, 5.41) is 3.52. The largest absolute Gasteiger partial charge is 0.311 e. The Hall–Kier alpha value is -0.0900. The van der Waals surface area contributed by atoms with Crippen LogP contribution in [0.4, 0.5) is 0 Å². The Bertz CT molecular complexity index is 366. The van der Waals surface area contributed by atoms with Crippen molar-refractivity contribution >= 4 is 22.9 Å². The van der Waals surface area contributed by atoms with Crippen molar-refractivity contribution < 1.29 is 0 Å². The third-order valence-electron chi connectivity index (χ3n) is 3.90. The van der Waals surface area contributed by atoms with Crippen LogP contribution in [0.2, 0.25) is 4.34 Å². The standard InChI is InChI=1S/C14H23ClN2S/c1-3-12-5-4-11(2)17(12)9-8-16-10-13-6-7-14(15)18-13/h6-7,11-12,16H,3-5,8-10H2,1-2H3. The van der Waals surface area contributed by atoms with E-state index in [9.17, 15) is 0 Å². The molecule has 4 heteroatoms. The molecule has 1 aromatic heterocycles. The fraction of sp³-hybridized carbons (Fsp3) is 0.714. The molecule has 1 aliphatic heterocycles. The molecule has 0 aromatic carbocycles. The summed E-state index contributed by atoms with van der Waals surface area (Å²) < 4.78 is 0.881. The maximum atomic E-state index is 5.92. The van der Waals surface area contributed by atoms with Crippen molar-refractivity contribution in [1.29, 1.82) is 0 Å². The molecule has 102 valence electrons. The molecule has 0 saturated carbocycles. The highest BCUT2D eigenvalue weighted by molar-refractivity contribution is 7.16. The summed E-state index contributed by atoms with van der Waals surface area (Å²) in [5.41, 5.74) is 0. The summed E-state index contributed by atoms with van der Waals surface area (Å²) in [6.07, 6.45) is 4.02. The van der Waals surface area contributed by atoms with Crippen LogP contribution in [0, 0.1) is 0 Å². The molecule has 1 fully saturated rings. The van der Waals surface area contributed by atoms with E-state index in [1.54, 1.807) is 11.3 Å². The number of nitrogens with zero attached hydrogens (tertiary/aromatic N) is 1. The van der Waals surface area contributed by atoms with Crippen LogP contribution in [0.3, 0.4) is 0 Å². The zero-order valence-corrected chi connectivity index (χ0v) is 12.9. The van der Waals surface area contributed by atoms with Gasteiger partial charge in [0.2, 0.25) is 0 Å². The van der Waals surface area contributed by atoms with Crippen molar-refractivity contribution in [3.05, 3.63) is 21.3 Å². The first kappa shape index (κ1) is 14.3. The van der Waals surface area contributed by atoms with Crippen LogP contribution in [0.25, 0.3) is 0 Å². The van der Waals surface area contributed by atoms with Gasteiger partial charge in [-0.2, -0.15) is 0 Å². The summed E-state index contributed by atoms with van der Waals surface area (Å²) in [6, 6.07) is 5.64. The van der Waals surface area contributed by atoms with Gasteiger partial charge in [-0.15, -0.1) is 11.3 Å². The van der Waals surface area contributed by atoms with Gasteiger partial charge in [-0.1, -0.05) is 18.5 Å². The molecule has 2 unspecified atom stereocenters. The predicted octanol–water partition coefficient (Wildman–Crippen LogP) is 3.75. The molecule has 1 N–H and O–H groups in total. The Balaban J connectivity index is 1.68. The highest BCUT2D eigenvalue weighted by atomic mass is 35.5. The topological polar surface area (TPSA) is 15.3 Å². The minimum absolute atomic E-state index is 0.757. The van der Waals surface area contributed by atoms with Crippen LogP contribution < -0.4 is 5.32 Å². The molecule has 0 bridgehead atoms. The van der Waals surface area contributed by atoms with Gasteiger partial charge in [0, 0.05) is 36.6 Å². The van der Waals surface area contributed by atoms with Gasteiger partial charge in [-0.25, -0.2) is 0 Å². The van der Waals surface area contributed by atoms with E-state index < -0.39 is 0 Å². The zero-order chi connectivity index (χ0) is 13.0. The van der Waals surface area contributed by atoms with E-state index in [-0.39, 0.29) is 0 Å². The molecule has 0 spiro atoms. The van der Waals surface area contributed by atoms with E-state index in [0.717, 1.165) is 29.5 Å². The predicted molar refractivity (Wildman–Crippen MR) is 80.5 cm³/mol. The van der Waals surface area contributed by atoms with Crippen molar-refractivity contribution in [1.82, 2.24) is 10.2 Å². The Morgan fingerprint density at radius 1 is 1.44 bits per heavy atom. The van der Waals surface area contributed by atoms with Crippen molar-refractivity contribution in [3.63, 3.8) is 0 Å². The van der Waals surface area contributed by atoms with Crippen LogP contribution in [-0.4, -0.2) is 30.1 Å². The van der Waals surface area contributed by atoms with Gasteiger partial charge in [0.25, 0.3) is 0 Å². The van der Waals surface area contributed by atoms with E-state index in [1.807, 2.05) is 6.07 Å². The van der Waals surface area contributed by atoms with E-state index in [0.29, 0.717) is 0 Å². The van der Waals surface area contributed by atoms with E-state index >= 15 is 0 Å². The highest BCUT2D eigenvalue weighted by Gasteiger charge is 2.28. The first-order chi connectivity index (χ1) is 8.70. The molecule has 18 heavy (non-hydrogen) atoms. The minimum atomic E-state index is 0.757. The molecule has 1 aliphatic rings. The highest BCUT2D eigenvalue weighted by Crippen LogP contribution is 2.25. The third-order valence-corrected chi connectivity index (χ3v) is 5.13. The molecule has 2 rings (SSSR count). The first-order valence-corrected chi connectivity index (χ1v) is 8.10. The summed E-state index contributed by atoms with van der Waals surface area (Å²) in [4.78, 5) is 3.98. The quantitative estimate of drug-likeness (QED) is 0.801. The normalized spacial score (nSPS) is 24.8. The number of halogens is 1. The van der Waals surface area contributed by atoms with Gasteiger partial charge < -0.3 is 5.32 Å². The average Bonchev–Trinajstić information content (AvgIpc) is 2.92. The van der Waals surface area contributed by atoms with Gasteiger partial charge in [0.1, 0.15) is 0 Å². The van der Waals surface area contributed by atoms with E-state index in [1.165, 1.54) is 30.7 Å². The molecular weight excluding hydrogens is 264 g/mol. The first-order valence-electron chi connectivity index (χ1n) is 6.91. The molecule has 2 atom stereocenters. The molecule has 1 aromatic rings. The SMILES string of the molecule is CCC1CCC(C)N1CCNCc1ccc(Cl)s1. The summed E-state index contributed by atoms with van der Waals surface area (Å²) in [6.45, 7) is 7.83. The second-order valence-electron chi connectivity index (χ2n) is 5.11. The van der Waals surface area contributed by atoms with E-state index in [2.05, 4.69) is 30.1 Å². The fourth-order valence-electron chi connectivity index (χ4n) is 2.83. The van der Waals surface area contributed by atoms with Crippen LogP contribution in [0.1, 0.15) is 38.0 Å². The summed E-state index contributed by atoms with van der Waals surface area (Å²) in [7, 11) is 0. The van der Waals surface area contributed by atoms with Gasteiger partial charge >= 0.3 is 0 Å². The number of nitrogens with one attached hydrogen (secondary N) is 1. The maximum Gasteiger partial charge on any atom is 0.0931 e. The molecule has 0 amide bonds.